The van der Waals surface area contributed by atoms with Crippen molar-refractivity contribution in [2.24, 2.45) is 0 Å². The number of aromatic nitrogens is 2. The fraction of sp³-hybridized carbons (Fsp3) is 0.562. The highest BCUT2D eigenvalue weighted by atomic mass is 32.1. The molecule has 1 N–H and O–H groups in total. The maximum Gasteiger partial charge on any atom is 0.264 e. The van der Waals surface area contributed by atoms with Gasteiger partial charge in [-0.1, -0.05) is 0 Å². The first-order valence-electron chi connectivity index (χ1n) is 7.87. The van der Waals surface area contributed by atoms with Gasteiger partial charge in [0.15, 0.2) is 5.82 Å². The van der Waals surface area contributed by atoms with Gasteiger partial charge in [0.1, 0.15) is 11.4 Å². The Hall–Kier alpha value is -1.77. The largest absolute Gasteiger partial charge is 0.480 e. The van der Waals surface area contributed by atoms with E-state index in [9.17, 15) is 4.79 Å². The van der Waals surface area contributed by atoms with Crippen molar-refractivity contribution < 1.29 is 14.3 Å². The van der Waals surface area contributed by atoms with Gasteiger partial charge < -0.3 is 19.7 Å². The Balaban J connectivity index is 2.02. The number of amides is 1. The van der Waals surface area contributed by atoms with Crippen LogP contribution in [0.15, 0.2) is 0 Å². The van der Waals surface area contributed by atoms with Crippen molar-refractivity contribution in [3.8, 4) is 5.88 Å². The van der Waals surface area contributed by atoms with Crippen LogP contribution in [0.25, 0.3) is 10.2 Å². The molecule has 24 heavy (non-hydrogen) atoms. The van der Waals surface area contributed by atoms with E-state index in [0.29, 0.717) is 23.2 Å². The predicted molar refractivity (Wildman–Crippen MR) is 92.8 cm³/mol. The maximum absolute atomic E-state index is 12.9. The minimum atomic E-state index is 0.0274. The van der Waals surface area contributed by atoms with Crippen LogP contribution in [0.3, 0.4) is 0 Å². The Labute approximate surface area is 145 Å². The Bertz CT molecular complexity index is 755. The van der Waals surface area contributed by atoms with Crippen molar-refractivity contribution in [1.29, 1.82) is 0 Å². The summed E-state index contributed by atoms with van der Waals surface area (Å²) in [5.41, 5.74) is 0.874. The quantitative estimate of drug-likeness (QED) is 0.882. The number of fused-ring (bicyclic) bond motifs is 1. The first-order chi connectivity index (χ1) is 11.6. The minimum Gasteiger partial charge on any atom is -0.480 e. The molecular weight excluding hydrogens is 328 g/mol. The lowest BCUT2D eigenvalue weighted by atomic mass is 10.1. The van der Waals surface area contributed by atoms with E-state index in [0.717, 1.165) is 35.3 Å². The monoisotopic (exact) mass is 350 g/mol. The van der Waals surface area contributed by atoms with Gasteiger partial charge in [0.2, 0.25) is 5.88 Å². The number of nitrogens with one attached hydrogen (secondary N) is 1. The number of nitrogens with zero attached hydrogens (tertiary/aromatic N) is 3. The highest BCUT2D eigenvalue weighted by Crippen LogP contribution is 2.35. The summed E-state index contributed by atoms with van der Waals surface area (Å²) < 4.78 is 10.5. The molecule has 1 atom stereocenters. The van der Waals surface area contributed by atoms with Gasteiger partial charge in [-0.3, -0.25) is 4.79 Å². The predicted octanol–water partition coefficient (Wildman–Crippen LogP) is 1.59. The number of methoxy groups -OCH3 is 2. The van der Waals surface area contributed by atoms with E-state index in [1.807, 2.05) is 18.9 Å². The molecule has 8 heteroatoms. The third-order valence-corrected chi connectivity index (χ3v) is 5.54. The molecule has 130 valence electrons. The molecular formula is C16H22N4O3S. The highest BCUT2D eigenvalue weighted by molar-refractivity contribution is 7.20. The van der Waals surface area contributed by atoms with Gasteiger partial charge in [-0.05, 0) is 25.5 Å². The minimum absolute atomic E-state index is 0.0274. The van der Waals surface area contributed by atoms with Crippen LogP contribution in [0.2, 0.25) is 0 Å². The summed E-state index contributed by atoms with van der Waals surface area (Å²) in [5, 5.41) is 4.10. The number of carbonyl (C=O) groups excluding carboxylic acids is 1. The average Bonchev–Trinajstić information content (AvgIpc) is 3.22. The number of hydrogen-bond acceptors (Lipinski definition) is 7. The summed E-state index contributed by atoms with van der Waals surface area (Å²) in [6.07, 6.45) is 0.979. The fourth-order valence-electron chi connectivity index (χ4n) is 2.99. The van der Waals surface area contributed by atoms with Crippen LogP contribution in [-0.4, -0.2) is 61.2 Å². The molecule has 1 unspecified atom stereocenters. The molecule has 2 aromatic heterocycles. The zero-order valence-electron chi connectivity index (χ0n) is 14.4. The van der Waals surface area contributed by atoms with Crippen LogP contribution in [-0.2, 0) is 11.3 Å². The van der Waals surface area contributed by atoms with Gasteiger partial charge in [-0.2, -0.15) is 4.98 Å². The van der Waals surface area contributed by atoms with E-state index in [2.05, 4.69) is 15.3 Å². The van der Waals surface area contributed by atoms with Crippen molar-refractivity contribution in [2.75, 3.05) is 34.4 Å². The Morgan fingerprint density at radius 3 is 2.83 bits per heavy atom. The molecule has 3 rings (SSSR count). The van der Waals surface area contributed by atoms with Crippen molar-refractivity contribution in [1.82, 2.24) is 20.2 Å². The Morgan fingerprint density at radius 1 is 1.42 bits per heavy atom. The zero-order chi connectivity index (χ0) is 17.3. The second-order valence-corrected chi connectivity index (χ2v) is 6.88. The van der Waals surface area contributed by atoms with Crippen molar-refractivity contribution in [2.45, 2.75) is 26.0 Å². The van der Waals surface area contributed by atoms with Crippen LogP contribution in [0.1, 0.15) is 27.5 Å². The lowest BCUT2D eigenvalue weighted by Gasteiger charge is -2.23. The highest BCUT2D eigenvalue weighted by Gasteiger charge is 2.28. The SMILES string of the molecule is COCc1nc(OC)c2c(C)c(C(=O)N(C)C3CCNC3)sc2n1. The third-order valence-electron chi connectivity index (χ3n) is 4.37. The van der Waals surface area contributed by atoms with Gasteiger partial charge in [-0.25, -0.2) is 4.98 Å². The summed E-state index contributed by atoms with van der Waals surface area (Å²) in [4.78, 5) is 25.1. The number of carbonyl (C=O) groups is 1. The van der Waals surface area contributed by atoms with Gasteiger partial charge in [0.25, 0.3) is 5.91 Å². The molecule has 0 spiro atoms. The smallest absolute Gasteiger partial charge is 0.264 e. The summed E-state index contributed by atoms with van der Waals surface area (Å²) in [6, 6.07) is 0.235. The van der Waals surface area contributed by atoms with Gasteiger partial charge >= 0.3 is 0 Å². The summed E-state index contributed by atoms with van der Waals surface area (Å²) in [5.74, 6) is 1.07. The van der Waals surface area contributed by atoms with Crippen LogP contribution >= 0.6 is 11.3 Å². The van der Waals surface area contributed by atoms with E-state index in [1.54, 1.807) is 14.2 Å². The topological polar surface area (TPSA) is 76.6 Å². The molecule has 3 heterocycles. The number of aryl methyl sites for hydroxylation is 1. The maximum atomic E-state index is 12.9. The van der Waals surface area contributed by atoms with Crippen LogP contribution < -0.4 is 10.1 Å². The van der Waals surface area contributed by atoms with Crippen molar-refractivity contribution in [3.63, 3.8) is 0 Å². The summed E-state index contributed by atoms with van der Waals surface area (Å²) >= 11 is 1.39. The molecule has 0 bridgehead atoms. The van der Waals surface area contributed by atoms with Crippen molar-refractivity contribution in [3.05, 3.63) is 16.3 Å². The fourth-order valence-corrected chi connectivity index (χ4v) is 4.16. The molecule has 0 aliphatic carbocycles. The lowest BCUT2D eigenvalue weighted by molar-refractivity contribution is 0.0748. The molecule has 7 nitrogen and oxygen atoms in total. The first-order valence-corrected chi connectivity index (χ1v) is 8.69. The first kappa shape index (κ1) is 17.1. The zero-order valence-corrected chi connectivity index (χ0v) is 15.2. The lowest BCUT2D eigenvalue weighted by Crippen LogP contribution is -2.38. The molecule has 2 aromatic rings. The summed E-state index contributed by atoms with van der Waals surface area (Å²) in [7, 11) is 5.04. The van der Waals surface area contributed by atoms with E-state index in [-0.39, 0.29) is 11.9 Å². The molecule has 0 radical (unpaired) electrons. The standard InChI is InChI=1S/C16H22N4O3S/c1-9-12-14(23-4)18-11(8-22-3)19-15(12)24-13(9)16(21)20(2)10-5-6-17-7-10/h10,17H,5-8H2,1-4H3. The normalized spacial score (nSPS) is 17.4. The number of hydrogen-bond donors (Lipinski definition) is 1. The van der Waals surface area contributed by atoms with Gasteiger partial charge in [0.05, 0.1) is 17.4 Å². The molecule has 1 amide bonds. The molecule has 1 saturated heterocycles. The second kappa shape index (κ2) is 7.00. The number of thiophene rings is 1. The number of ether oxygens (including phenoxy) is 2. The molecule has 0 saturated carbocycles. The number of likely N-dealkylation sites (N-methyl/N-ethyl adjacent to an activating group) is 1. The van der Waals surface area contributed by atoms with E-state index in [4.69, 9.17) is 9.47 Å². The Morgan fingerprint density at radius 2 is 2.21 bits per heavy atom. The van der Waals surface area contributed by atoms with E-state index >= 15 is 0 Å². The van der Waals surface area contributed by atoms with Crippen LogP contribution in [0.4, 0.5) is 0 Å². The Kier molecular flexibility index (Phi) is 4.98. The average molecular weight is 350 g/mol. The van der Waals surface area contributed by atoms with Crippen molar-refractivity contribution >= 4 is 27.5 Å². The van der Waals surface area contributed by atoms with Gasteiger partial charge in [0, 0.05) is 26.7 Å². The molecule has 1 aliphatic heterocycles. The molecule has 1 aliphatic rings. The van der Waals surface area contributed by atoms with Crippen LogP contribution in [0, 0.1) is 6.92 Å². The summed E-state index contributed by atoms with van der Waals surface area (Å²) in [6.45, 7) is 4.02. The van der Waals surface area contributed by atoms with Gasteiger partial charge in [-0.15, -0.1) is 11.3 Å². The van der Waals surface area contributed by atoms with Crippen LogP contribution in [0.5, 0.6) is 5.88 Å². The third kappa shape index (κ3) is 2.97. The van der Waals surface area contributed by atoms with E-state index in [1.165, 1.54) is 11.3 Å². The van der Waals surface area contributed by atoms with E-state index < -0.39 is 0 Å². The second-order valence-electron chi connectivity index (χ2n) is 5.88. The molecule has 1 fully saturated rings. The molecule has 0 aromatic carbocycles. The number of rotatable bonds is 5.